The molecule has 27 heavy (non-hydrogen) atoms. The molecule has 144 valence electrons. The molecule has 1 aliphatic carbocycles. The quantitative estimate of drug-likeness (QED) is 0.694. The summed E-state index contributed by atoms with van der Waals surface area (Å²) in [5, 5.41) is 0.606. The van der Waals surface area contributed by atoms with E-state index in [1.807, 2.05) is 30.3 Å². The van der Waals surface area contributed by atoms with E-state index in [-0.39, 0.29) is 11.5 Å². The molecule has 0 spiro atoms. The van der Waals surface area contributed by atoms with Crippen LogP contribution in [0.2, 0.25) is 5.02 Å². The van der Waals surface area contributed by atoms with Gasteiger partial charge in [-0.3, -0.25) is 0 Å². The summed E-state index contributed by atoms with van der Waals surface area (Å²) in [5.41, 5.74) is 9.47. The van der Waals surface area contributed by atoms with Gasteiger partial charge in [0.25, 0.3) is 0 Å². The molecule has 0 aromatic heterocycles. The summed E-state index contributed by atoms with van der Waals surface area (Å²) >= 11 is 6.38. The lowest BCUT2D eigenvalue weighted by molar-refractivity contribution is 0.0147. The minimum atomic E-state index is -0.737. The zero-order chi connectivity index (χ0) is 19.6. The van der Waals surface area contributed by atoms with Crippen LogP contribution in [0.3, 0.4) is 0 Å². The van der Waals surface area contributed by atoms with Gasteiger partial charge in [-0.2, -0.15) is 0 Å². The standard InChI is InChI=1S/C22H26ClNO3/c1-4-11-26-19-8-6-15(13-18(19)23)14-5-7-17-16(12-14)9-10-22(2,3)20(17)27-21(24)25/h5-8,12-13,20H,4,9-11H2,1-3H3,(H2,24,25). The van der Waals surface area contributed by atoms with Crippen molar-refractivity contribution < 1.29 is 14.3 Å². The summed E-state index contributed by atoms with van der Waals surface area (Å²) in [6.45, 7) is 6.92. The van der Waals surface area contributed by atoms with Crippen LogP contribution in [0.4, 0.5) is 4.79 Å². The Hall–Kier alpha value is -2.20. The van der Waals surface area contributed by atoms with E-state index in [2.05, 4.69) is 26.8 Å². The molecular weight excluding hydrogens is 362 g/mol. The molecule has 0 fully saturated rings. The average Bonchev–Trinajstić information content (AvgIpc) is 2.62. The molecule has 0 radical (unpaired) electrons. The highest BCUT2D eigenvalue weighted by molar-refractivity contribution is 6.32. The third-order valence-corrected chi connectivity index (χ3v) is 5.43. The Morgan fingerprint density at radius 2 is 1.93 bits per heavy atom. The van der Waals surface area contributed by atoms with Crippen LogP contribution in [0, 0.1) is 5.41 Å². The number of nitrogens with two attached hydrogens (primary N) is 1. The molecule has 0 bridgehead atoms. The Kier molecular flexibility index (Phi) is 5.66. The second-order valence-corrected chi connectivity index (χ2v) is 8.12. The molecule has 1 unspecified atom stereocenters. The van der Waals surface area contributed by atoms with Crippen LogP contribution >= 0.6 is 11.6 Å². The lowest BCUT2D eigenvalue weighted by atomic mass is 9.71. The molecule has 3 rings (SSSR count). The second kappa shape index (κ2) is 7.81. The van der Waals surface area contributed by atoms with Crippen LogP contribution in [0.5, 0.6) is 5.75 Å². The van der Waals surface area contributed by atoms with Gasteiger partial charge >= 0.3 is 6.09 Å². The molecule has 4 nitrogen and oxygen atoms in total. The minimum Gasteiger partial charge on any atom is -0.492 e. The number of carbonyl (C=O) groups excluding carboxylic acids is 1. The number of carbonyl (C=O) groups is 1. The van der Waals surface area contributed by atoms with E-state index in [1.54, 1.807) is 0 Å². The first-order valence-corrected chi connectivity index (χ1v) is 9.71. The predicted octanol–water partition coefficient (Wildman–Crippen LogP) is 5.90. The number of aryl methyl sites for hydroxylation is 1. The first-order valence-electron chi connectivity index (χ1n) is 9.33. The van der Waals surface area contributed by atoms with Crippen molar-refractivity contribution in [1.29, 1.82) is 0 Å². The molecule has 0 aliphatic heterocycles. The van der Waals surface area contributed by atoms with Crippen molar-refractivity contribution in [3.8, 4) is 16.9 Å². The molecule has 1 aliphatic rings. The van der Waals surface area contributed by atoms with Crippen LogP contribution < -0.4 is 10.5 Å². The lowest BCUT2D eigenvalue weighted by Crippen LogP contribution is -2.33. The van der Waals surface area contributed by atoms with E-state index in [0.717, 1.165) is 36.0 Å². The number of ether oxygens (including phenoxy) is 2. The summed E-state index contributed by atoms with van der Waals surface area (Å²) in [7, 11) is 0. The Morgan fingerprint density at radius 3 is 2.59 bits per heavy atom. The Balaban J connectivity index is 1.92. The van der Waals surface area contributed by atoms with E-state index < -0.39 is 6.09 Å². The van der Waals surface area contributed by atoms with Crippen LogP contribution in [-0.4, -0.2) is 12.7 Å². The van der Waals surface area contributed by atoms with Crippen LogP contribution in [0.1, 0.15) is 50.8 Å². The van der Waals surface area contributed by atoms with Gasteiger partial charge in [-0.1, -0.05) is 56.6 Å². The molecule has 0 saturated heterocycles. The number of fused-ring (bicyclic) bond motifs is 1. The monoisotopic (exact) mass is 387 g/mol. The first kappa shape index (κ1) is 19.6. The SMILES string of the molecule is CCCOc1ccc(-c2ccc3c(c2)CCC(C)(C)C3OC(N)=O)cc1Cl. The molecule has 1 atom stereocenters. The topological polar surface area (TPSA) is 61.6 Å². The highest BCUT2D eigenvalue weighted by atomic mass is 35.5. The van der Waals surface area contributed by atoms with Gasteiger partial charge in [0, 0.05) is 5.41 Å². The molecule has 2 N–H and O–H groups in total. The number of primary amides is 1. The van der Waals surface area contributed by atoms with Gasteiger partial charge in [0.1, 0.15) is 11.9 Å². The molecule has 5 heteroatoms. The van der Waals surface area contributed by atoms with Gasteiger partial charge in [-0.15, -0.1) is 0 Å². The van der Waals surface area contributed by atoms with Gasteiger partial charge in [-0.25, -0.2) is 4.79 Å². The van der Waals surface area contributed by atoms with Crippen molar-refractivity contribution >= 4 is 17.7 Å². The van der Waals surface area contributed by atoms with Crippen molar-refractivity contribution in [3.63, 3.8) is 0 Å². The van der Waals surface area contributed by atoms with Gasteiger partial charge < -0.3 is 15.2 Å². The molecule has 2 aromatic rings. The molecule has 2 aromatic carbocycles. The summed E-state index contributed by atoms with van der Waals surface area (Å²) in [4.78, 5) is 11.4. The second-order valence-electron chi connectivity index (χ2n) is 7.71. The summed E-state index contributed by atoms with van der Waals surface area (Å²) in [6.07, 6.45) is 1.72. The number of hydrogen-bond acceptors (Lipinski definition) is 3. The van der Waals surface area contributed by atoms with Crippen LogP contribution in [0.25, 0.3) is 11.1 Å². The third kappa shape index (κ3) is 4.22. The number of benzene rings is 2. The van der Waals surface area contributed by atoms with Crippen molar-refractivity contribution in [2.45, 2.75) is 46.1 Å². The minimum absolute atomic E-state index is 0.148. The van der Waals surface area contributed by atoms with Gasteiger partial charge in [0.15, 0.2) is 0 Å². The summed E-state index contributed by atoms with van der Waals surface area (Å²) < 4.78 is 11.1. The fraction of sp³-hybridized carbons (Fsp3) is 0.409. The maximum Gasteiger partial charge on any atom is 0.405 e. The van der Waals surface area contributed by atoms with Crippen LogP contribution in [0.15, 0.2) is 36.4 Å². The maximum absolute atomic E-state index is 11.4. The summed E-state index contributed by atoms with van der Waals surface area (Å²) in [6, 6.07) is 12.1. The fourth-order valence-corrected chi connectivity index (χ4v) is 3.85. The number of hydrogen-bond donors (Lipinski definition) is 1. The van der Waals surface area contributed by atoms with E-state index in [4.69, 9.17) is 26.8 Å². The normalized spacial score (nSPS) is 17.9. The van der Waals surface area contributed by atoms with E-state index >= 15 is 0 Å². The summed E-state index contributed by atoms with van der Waals surface area (Å²) in [5.74, 6) is 0.705. The zero-order valence-electron chi connectivity index (χ0n) is 16.0. The van der Waals surface area contributed by atoms with Gasteiger partial charge in [-0.05, 0) is 53.6 Å². The highest BCUT2D eigenvalue weighted by Crippen LogP contribution is 2.46. The van der Waals surface area contributed by atoms with E-state index in [1.165, 1.54) is 5.56 Å². The van der Waals surface area contributed by atoms with Crippen molar-refractivity contribution in [3.05, 3.63) is 52.5 Å². The zero-order valence-corrected chi connectivity index (χ0v) is 16.8. The smallest absolute Gasteiger partial charge is 0.405 e. The van der Waals surface area contributed by atoms with Gasteiger partial charge in [0.2, 0.25) is 0 Å². The fourth-order valence-electron chi connectivity index (χ4n) is 3.62. The van der Waals surface area contributed by atoms with Crippen molar-refractivity contribution in [1.82, 2.24) is 0 Å². The van der Waals surface area contributed by atoms with E-state index in [9.17, 15) is 4.79 Å². The van der Waals surface area contributed by atoms with Crippen molar-refractivity contribution in [2.24, 2.45) is 11.1 Å². The highest BCUT2D eigenvalue weighted by Gasteiger charge is 2.38. The van der Waals surface area contributed by atoms with E-state index in [0.29, 0.717) is 17.4 Å². The predicted molar refractivity (Wildman–Crippen MR) is 108 cm³/mol. The lowest BCUT2D eigenvalue weighted by Gasteiger charge is -2.39. The Bertz CT molecular complexity index is 847. The molecule has 0 saturated carbocycles. The number of rotatable bonds is 5. The Morgan fingerprint density at radius 1 is 1.22 bits per heavy atom. The van der Waals surface area contributed by atoms with Crippen molar-refractivity contribution in [2.75, 3.05) is 6.61 Å². The van der Waals surface area contributed by atoms with Crippen LogP contribution in [-0.2, 0) is 11.2 Å². The Labute approximate surface area is 165 Å². The van der Waals surface area contributed by atoms with Gasteiger partial charge in [0.05, 0.1) is 11.6 Å². The number of halogens is 1. The number of amides is 1. The maximum atomic E-state index is 11.4. The third-order valence-electron chi connectivity index (χ3n) is 5.13. The molecular formula is C22H26ClNO3. The average molecular weight is 388 g/mol. The molecule has 1 amide bonds. The first-order chi connectivity index (χ1) is 12.8. The largest absolute Gasteiger partial charge is 0.492 e. The molecule has 0 heterocycles.